The van der Waals surface area contributed by atoms with Crippen LogP contribution in [0.2, 0.25) is 0 Å². The summed E-state index contributed by atoms with van der Waals surface area (Å²) in [6.07, 6.45) is 14.4. The first kappa shape index (κ1) is 17.7. The number of benzene rings is 2. The van der Waals surface area contributed by atoms with Crippen LogP contribution >= 0.6 is 0 Å². The average Bonchev–Trinajstić information content (AvgIpc) is 2.67. The third-order valence-electron chi connectivity index (χ3n) is 5.34. The molecule has 0 heteroatoms. The van der Waals surface area contributed by atoms with Crippen molar-refractivity contribution in [1.29, 1.82) is 0 Å². The van der Waals surface area contributed by atoms with E-state index in [4.69, 9.17) is 0 Å². The van der Waals surface area contributed by atoms with Gasteiger partial charge in [0, 0.05) is 0 Å². The Morgan fingerprint density at radius 1 is 0.920 bits per heavy atom. The topological polar surface area (TPSA) is 0 Å². The van der Waals surface area contributed by atoms with Crippen LogP contribution in [0, 0.1) is 5.92 Å². The largest absolute Gasteiger partial charge is 0.0879 e. The van der Waals surface area contributed by atoms with Crippen LogP contribution in [0.25, 0.3) is 11.1 Å². The average molecular weight is 331 g/mol. The molecule has 0 aliphatic heterocycles. The number of hydrogen-bond acceptors (Lipinski definition) is 0. The maximum atomic E-state index is 2.44. The van der Waals surface area contributed by atoms with E-state index in [1.807, 2.05) is 0 Å². The lowest BCUT2D eigenvalue weighted by Crippen LogP contribution is -2.01. The molecular weight excluding hydrogens is 300 g/mol. The summed E-state index contributed by atoms with van der Waals surface area (Å²) in [4.78, 5) is 0. The van der Waals surface area contributed by atoms with Gasteiger partial charge in [-0.15, -0.1) is 0 Å². The van der Waals surface area contributed by atoms with Crippen LogP contribution in [0.15, 0.2) is 72.3 Å². The first-order valence-corrected chi connectivity index (χ1v) is 9.75. The lowest BCUT2D eigenvalue weighted by atomic mass is 9.90. The van der Waals surface area contributed by atoms with Crippen molar-refractivity contribution >= 4 is 0 Å². The van der Waals surface area contributed by atoms with E-state index in [2.05, 4.69) is 80.6 Å². The van der Waals surface area contributed by atoms with Gasteiger partial charge in [0.05, 0.1) is 0 Å². The van der Waals surface area contributed by atoms with Crippen molar-refractivity contribution in [3.63, 3.8) is 0 Å². The van der Waals surface area contributed by atoms with Gasteiger partial charge in [-0.2, -0.15) is 0 Å². The first-order valence-electron chi connectivity index (χ1n) is 9.75. The summed E-state index contributed by atoms with van der Waals surface area (Å²) in [6.45, 7) is 4.45. The fourth-order valence-electron chi connectivity index (χ4n) is 3.50. The molecule has 0 aromatic heterocycles. The predicted octanol–water partition coefficient (Wildman–Crippen LogP) is 7.15. The maximum Gasteiger partial charge on any atom is -0.0184 e. The molecule has 1 unspecified atom stereocenters. The Morgan fingerprint density at radius 2 is 1.56 bits per heavy atom. The third-order valence-corrected chi connectivity index (χ3v) is 5.34. The molecule has 1 aliphatic carbocycles. The van der Waals surface area contributed by atoms with Crippen LogP contribution < -0.4 is 0 Å². The quantitative estimate of drug-likeness (QED) is 0.493. The number of allylic oxidation sites excluding steroid dienone is 4. The van der Waals surface area contributed by atoms with Crippen molar-refractivity contribution in [2.24, 2.45) is 5.92 Å². The van der Waals surface area contributed by atoms with Gasteiger partial charge in [-0.05, 0) is 73.6 Å². The van der Waals surface area contributed by atoms with Crippen LogP contribution in [0.4, 0.5) is 0 Å². The molecule has 2 aromatic rings. The second kappa shape index (κ2) is 8.85. The molecule has 3 rings (SSSR count). The zero-order valence-electron chi connectivity index (χ0n) is 15.7. The molecule has 25 heavy (non-hydrogen) atoms. The van der Waals surface area contributed by atoms with Crippen LogP contribution in [0.3, 0.4) is 0 Å². The smallest absolute Gasteiger partial charge is 0.0184 e. The van der Waals surface area contributed by atoms with E-state index in [0.29, 0.717) is 0 Å². The van der Waals surface area contributed by atoms with E-state index in [1.165, 1.54) is 41.5 Å². The summed E-state index contributed by atoms with van der Waals surface area (Å²) < 4.78 is 0. The highest BCUT2D eigenvalue weighted by molar-refractivity contribution is 5.63. The van der Waals surface area contributed by atoms with Crippen LogP contribution in [0.5, 0.6) is 0 Å². The van der Waals surface area contributed by atoms with Crippen LogP contribution in [0.1, 0.15) is 50.7 Å². The monoisotopic (exact) mass is 330 g/mol. The number of rotatable bonds is 6. The first-order chi connectivity index (χ1) is 12.2. The molecule has 1 aliphatic rings. The number of aryl methyl sites for hydroxylation is 2. The minimum absolute atomic E-state index is 0.761. The second-order valence-electron chi connectivity index (χ2n) is 7.30. The van der Waals surface area contributed by atoms with Gasteiger partial charge in [0.2, 0.25) is 0 Å². The highest BCUT2D eigenvalue weighted by Crippen LogP contribution is 2.24. The normalized spacial score (nSPS) is 17.7. The minimum atomic E-state index is 0.761. The molecule has 0 saturated heterocycles. The standard InChI is InChI=1S/C25H30/c1-3-21-12-16-24(17-13-21)25-18-14-23(15-19-25)7-5-4-6-22-10-8-20(2)9-11-22/h4,6,8,12-19,22H,3,5,7,9-11H2,1-2H3. The Kier molecular flexibility index (Phi) is 6.28. The van der Waals surface area contributed by atoms with E-state index in [-0.39, 0.29) is 0 Å². The maximum absolute atomic E-state index is 2.44. The van der Waals surface area contributed by atoms with E-state index >= 15 is 0 Å². The van der Waals surface area contributed by atoms with Crippen molar-refractivity contribution in [2.75, 3.05) is 0 Å². The van der Waals surface area contributed by atoms with Gasteiger partial charge in [-0.25, -0.2) is 0 Å². The molecule has 0 N–H and O–H groups in total. The lowest BCUT2D eigenvalue weighted by molar-refractivity contribution is 0.566. The van der Waals surface area contributed by atoms with Gasteiger partial charge in [-0.3, -0.25) is 0 Å². The molecule has 0 nitrogen and oxygen atoms in total. The molecule has 0 saturated carbocycles. The summed E-state index contributed by atoms with van der Waals surface area (Å²) in [5.74, 6) is 0.761. The molecule has 0 bridgehead atoms. The van der Waals surface area contributed by atoms with E-state index in [9.17, 15) is 0 Å². The summed E-state index contributed by atoms with van der Waals surface area (Å²) in [5.41, 5.74) is 7.01. The molecule has 2 aromatic carbocycles. The molecule has 0 radical (unpaired) electrons. The van der Waals surface area contributed by atoms with E-state index in [0.717, 1.165) is 25.2 Å². The second-order valence-corrected chi connectivity index (χ2v) is 7.30. The minimum Gasteiger partial charge on any atom is -0.0879 e. The Labute approximate surface area is 153 Å². The van der Waals surface area contributed by atoms with Gasteiger partial charge < -0.3 is 0 Å². The number of hydrogen-bond donors (Lipinski definition) is 0. The molecule has 130 valence electrons. The Hall–Kier alpha value is -2.08. The highest BCUT2D eigenvalue weighted by atomic mass is 14.1. The zero-order chi connectivity index (χ0) is 17.5. The fraction of sp³-hybridized carbons (Fsp3) is 0.360. The summed E-state index contributed by atoms with van der Waals surface area (Å²) in [6, 6.07) is 18.0. The SMILES string of the molecule is CCc1ccc(-c2ccc(CCC=CC3CC=C(C)CC3)cc2)cc1. The van der Waals surface area contributed by atoms with Crippen LogP contribution in [-0.4, -0.2) is 0 Å². The van der Waals surface area contributed by atoms with Crippen molar-refractivity contribution in [1.82, 2.24) is 0 Å². The summed E-state index contributed by atoms with van der Waals surface area (Å²) in [7, 11) is 0. The van der Waals surface area contributed by atoms with Gasteiger partial charge in [-0.1, -0.05) is 79.3 Å². The predicted molar refractivity (Wildman–Crippen MR) is 110 cm³/mol. The molecule has 0 spiro atoms. The summed E-state index contributed by atoms with van der Waals surface area (Å²) in [5, 5.41) is 0. The molecule has 1 atom stereocenters. The van der Waals surface area contributed by atoms with Gasteiger partial charge >= 0.3 is 0 Å². The summed E-state index contributed by atoms with van der Waals surface area (Å²) >= 11 is 0. The Morgan fingerprint density at radius 3 is 2.12 bits per heavy atom. The Bertz CT molecular complexity index is 714. The zero-order valence-corrected chi connectivity index (χ0v) is 15.7. The van der Waals surface area contributed by atoms with E-state index < -0.39 is 0 Å². The molecule has 0 fully saturated rings. The molecule has 0 heterocycles. The highest BCUT2D eigenvalue weighted by Gasteiger charge is 2.08. The lowest BCUT2D eigenvalue weighted by Gasteiger charge is -2.16. The third kappa shape index (κ3) is 5.19. The van der Waals surface area contributed by atoms with E-state index in [1.54, 1.807) is 5.57 Å². The molecular formula is C25H30. The molecule has 0 amide bonds. The fourth-order valence-corrected chi connectivity index (χ4v) is 3.50. The van der Waals surface area contributed by atoms with Gasteiger partial charge in [0.15, 0.2) is 0 Å². The Balaban J connectivity index is 1.50. The van der Waals surface area contributed by atoms with Crippen LogP contribution in [-0.2, 0) is 12.8 Å². The van der Waals surface area contributed by atoms with Gasteiger partial charge in [0.1, 0.15) is 0 Å². The van der Waals surface area contributed by atoms with Crippen molar-refractivity contribution in [2.45, 2.75) is 52.4 Å². The van der Waals surface area contributed by atoms with Gasteiger partial charge in [0.25, 0.3) is 0 Å². The van der Waals surface area contributed by atoms with Crippen molar-refractivity contribution in [3.8, 4) is 11.1 Å². The van der Waals surface area contributed by atoms with Crippen molar-refractivity contribution in [3.05, 3.63) is 83.5 Å². The van der Waals surface area contributed by atoms with Crippen molar-refractivity contribution < 1.29 is 0 Å².